The molecule has 0 aliphatic rings. The summed E-state index contributed by atoms with van der Waals surface area (Å²) in [4.78, 5) is 0. The molecule has 2 nitrogen and oxygen atoms in total. The quantitative estimate of drug-likeness (QED) is 0.909. The van der Waals surface area contributed by atoms with Gasteiger partial charge in [-0.05, 0) is 11.6 Å². The third-order valence-corrected chi connectivity index (χ3v) is 3.61. The van der Waals surface area contributed by atoms with Crippen LogP contribution in [0.5, 0.6) is 0 Å². The molecule has 0 aromatic heterocycles. The van der Waals surface area contributed by atoms with E-state index >= 15 is 0 Å². The summed E-state index contributed by atoms with van der Waals surface area (Å²) in [5.41, 5.74) is 1.81. The van der Waals surface area contributed by atoms with Crippen LogP contribution in [-0.4, -0.2) is 0 Å². The van der Waals surface area contributed by atoms with E-state index in [2.05, 4.69) is 11.4 Å². The highest BCUT2D eigenvalue weighted by molar-refractivity contribution is 6.42. The molecule has 0 fully saturated rings. The standard InChI is InChI=1S/C15H12Cl2N2/c16-13-8-4-7-12(15(13)17)14(9-18)19-10-11-5-2-1-3-6-11/h1-8,14,19H,10H2. The molecule has 0 bridgehead atoms. The van der Waals surface area contributed by atoms with Crippen LogP contribution in [0.2, 0.25) is 10.0 Å². The van der Waals surface area contributed by atoms with Crippen molar-refractivity contribution in [1.82, 2.24) is 5.32 Å². The van der Waals surface area contributed by atoms with E-state index in [1.54, 1.807) is 18.2 Å². The Labute approximate surface area is 122 Å². The van der Waals surface area contributed by atoms with Crippen LogP contribution in [0.15, 0.2) is 48.5 Å². The Morgan fingerprint density at radius 2 is 1.79 bits per heavy atom. The lowest BCUT2D eigenvalue weighted by atomic mass is 10.1. The summed E-state index contributed by atoms with van der Waals surface area (Å²) in [6.07, 6.45) is 0. The molecule has 0 saturated heterocycles. The van der Waals surface area contributed by atoms with Crippen LogP contribution < -0.4 is 5.32 Å². The lowest BCUT2D eigenvalue weighted by molar-refractivity contribution is 0.630. The topological polar surface area (TPSA) is 35.8 Å². The van der Waals surface area contributed by atoms with E-state index in [1.807, 2.05) is 30.3 Å². The van der Waals surface area contributed by atoms with E-state index in [1.165, 1.54) is 0 Å². The van der Waals surface area contributed by atoms with E-state index in [9.17, 15) is 5.26 Å². The van der Waals surface area contributed by atoms with Gasteiger partial charge in [0, 0.05) is 12.1 Å². The van der Waals surface area contributed by atoms with Gasteiger partial charge in [-0.3, -0.25) is 5.32 Å². The molecule has 4 heteroatoms. The summed E-state index contributed by atoms with van der Waals surface area (Å²) in [5.74, 6) is 0. The van der Waals surface area contributed by atoms with Gasteiger partial charge in [0.2, 0.25) is 0 Å². The number of halogens is 2. The highest BCUT2D eigenvalue weighted by Crippen LogP contribution is 2.29. The minimum absolute atomic E-state index is 0.427. The van der Waals surface area contributed by atoms with Gasteiger partial charge in [-0.15, -0.1) is 0 Å². The molecular formula is C15H12Cl2N2. The fourth-order valence-corrected chi connectivity index (χ4v) is 2.20. The SMILES string of the molecule is N#CC(NCc1ccccc1)c1cccc(Cl)c1Cl. The van der Waals surface area contributed by atoms with Gasteiger partial charge in [-0.1, -0.05) is 65.7 Å². The molecule has 0 saturated carbocycles. The minimum Gasteiger partial charge on any atom is -0.294 e. The summed E-state index contributed by atoms with van der Waals surface area (Å²) >= 11 is 12.1. The first kappa shape index (κ1) is 13.9. The number of hydrogen-bond acceptors (Lipinski definition) is 2. The van der Waals surface area contributed by atoms with E-state index in [-0.39, 0.29) is 0 Å². The van der Waals surface area contributed by atoms with Crippen molar-refractivity contribution in [2.45, 2.75) is 12.6 Å². The zero-order valence-corrected chi connectivity index (χ0v) is 11.6. The molecule has 2 rings (SSSR count). The maximum absolute atomic E-state index is 9.26. The Morgan fingerprint density at radius 1 is 1.05 bits per heavy atom. The molecule has 2 aromatic rings. The van der Waals surface area contributed by atoms with Crippen molar-refractivity contribution < 1.29 is 0 Å². The van der Waals surface area contributed by atoms with Crippen LogP contribution in [0.25, 0.3) is 0 Å². The van der Waals surface area contributed by atoms with E-state index in [0.717, 1.165) is 5.56 Å². The summed E-state index contributed by atoms with van der Waals surface area (Å²) in [5, 5.41) is 13.3. The van der Waals surface area contributed by atoms with Crippen molar-refractivity contribution in [2.24, 2.45) is 0 Å². The molecule has 0 aliphatic carbocycles. The van der Waals surface area contributed by atoms with E-state index in [0.29, 0.717) is 22.2 Å². The number of benzene rings is 2. The van der Waals surface area contributed by atoms with Crippen LogP contribution in [0.1, 0.15) is 17.2 Å². The van der Waals surface area contributed by atoms with E-state index < -0.39 is 6.04 Å². The van der Waals surface area contributed by atoms with Gasteiger partial charge in [0.1, 0.15) is 6.04 Å². The van der Waals surface area contributed by atoms with Gasteiger partial charge in [-0.2, -0.15) is 5.26 Å². The molecule has 0 radical (unpaired) electrons. The largest absolute Gasteiger partial charge is 0.294 e. The predicted octanol–water partition coefficient (Wildman–Crippen LogP) is 4.35. The maximum atomic E-state index is 9.26. The normalized spacial score (nSPS) is 11.8. The fourth-order valence-electron chi connectivity index (χ4n) is 1.78. The molecule has 19 heavy (non-hydrogen) atoms. The summed E-state index contributed by atoms with van der Waals surface area (Å²) < 4.78 is 0. The second-order valence-corrected chi connectivity index (χ2v) is 4.86. The molecule has 0 aliphatic heterocycles. The Balaban J connectivity index is 2.13. The van der Waals surface area contributed by atoms with Crippen LogP contribution in [-0.2, 0) is 6.54 Å². The fraction of sp³-hybridized carbons (Fsp3) is 0.133. The van der Waals surface area contributed by atoms with Gasteiger partial charge in [0.25, 0.3) is 0 Å². The van der Waals surface area contributed by atoms with Crippen LogP contribution >= 0.6 is 23.2 Å². The summed E-state index contributed by atoms with van der Waals surface area (Å²) in [6, 6.07) is 16.9. The van der Waals surface area contributed by atoms with Gasteiger partial charge >= 0.3 is 0 Å². The highest BCUT2D eigenvalue weighted by atomic mass is 35.5. The van der Waals surface area contributed by atoms with Crippen molar-refractivity contribution in [3.8, 4) is 6.07 Å². The van der Waals surface area contributed by atoms with Crippen molar-refractivity contribution >= 4 is 23.2 Å². The first-order chi connectivity index (χ1) is 9.22. The van der Waals surface area contributed by atoms with Crippen molar-refractivity contribution in [3.05, 3.63) is 69.7 Å². The number of nitriles is 1. The summed E-state index contributed by atoms with van der Waals surface area (Å²) in [6.45, 7) is 0.599. The number of nitrogens with zero attached hydrogens (tertiary/aromatic N) is 1. The van der Waals surface area contributed by atoms with Gasteiger partial charge in [0.05, 0.1) is 16.1 Å². The zero-order chi connectivity index (χ0) is 13.7. The first-order valence-corrected chi connectivity index (χ1v) is 6.59. The Hall–Kier alpha value is -1.53. The van der Waals surface area contributed by atoms with Crippen LogP contribution in [0, 0.1) is 11.3 Å². The second-order valence-electron chi connectivity index (χ2n) is 4.07. The zero-order valence-electron chi connectivity index (χ0n) is 10.1. The number of rotatable bonds is 4. The van der Waals surface area contributed by atoms with Crippen molar-refractivity contribution in [2.75, 3.05) is 0 Å². The lowest BCUT2D eigenvalue weighted by Gasteiger charge is -2.14. The van der Waals surface area contributed by atoms with Crippen molar-refractivity contribution in [1.29, 1.82) is 5.26 Å². The van der Waals surface area contributed by atoms with Gasteiger partial charge in [-0.25, -0.2) is 0 Å². The molecular weight excluding hydrogens is 279 g/mol. The summed E-state index contributed by atoms with van der Waals surface area (Å²) in [7, 11) is 0. The van der Waals surface area contributed by atoms with Crippen LogP contribution in [0.4, 0.5) is 0 Å². The third-order valence-electron chi connectivity index (χ3n) is 2.77. The third kappa shape index (κ3) is 3.48. The first-order valence-electron chi connectivity index (χ1n) is 5.83. The molecule has 1 N–H and O–H groups in total. The number of nitrogens with one attached hydrogen (secondary N) is 1. The minimum atomic E-state index is -0.480. The van der Waals surface area contributed by atoms with E-state index in [4.69, 9.17) is 23.2 Å². The highest BCUT2D eigenvalue weighted by Gasteiger charge is 2.15. The predicted molar refractivity (Wildman–Crippen MR) is 78.1 cm³/mol. The Kier molecular flexibility index (Phi) is 4.81. The Bertz CT molecular complexity index is 591. The average Bonchev–Trinajstić information content (AvgIpc) is 2.45. The Morgan fingerprint density at radius 3 is 2.47 bits per heavy atom. The lowest BCUT2D eigenvalue weighted by Crippen LogP contribution is -2.19. The van der Waals surface area contributed by atoms with Gasteiger partial charge < -0.3 is 0 Å². The molecule has 0 spiro atoms. The smallest absolute Gasteiger partial charge is 0.123 e. The van der Waals surface area contributed by atoms with Crippen LogP contribution in [0.3, 0.4) is 0 Å². The molecule has 0 heterocycles. The number of hydrogen-bond donors (Lipinski definition) is 1. The average molecular weight is 291 g/mol. The van der Waals surface area contributed by atoms with Crippen molar-refractivity contribution in [3.63, 3.8) is 0 Å². The van der Waals surface area contributed by atoms with Gasteiger partial charge in [0.15, 0.2) is 0 Å². The molecule has 1 atom stereocenters. The molecule has 2 aromatic carbocycles. The maximum Gasteiger partial charge on any atom is 0.123 e. The molecule has 96 valence electrons. The second kappa shape index (κ2) is 6.58. The molecule has 0 amide bonds. The monoisotopic (exact) mass is 290 g/mol. The molecule has 1 unspecified atom stereocenters.